The number of benzene rings is 1. The zero-order valence-electron chi connectivity index (χ0n) is 9.83. The van der Waals surface area contributed by atoms with Crippen molar-refractivity contribution in [2.24, 2.45) is 18.9 Å². The fourth-order valence-electron chi connectivity index (χ4n) is 2.26. The molecule has 2 aromatic rings. The fraction of sp³-hybridized carbons (Fsp3) is 0.308. The summed E-state index contributed by atoms with van der Waals surface area (Å²) in [6.45, 7) is 0. The van der Waals surface area contributed by atoms with Gasteiger partial charge in [-0.15, -0.1) is 0 Å². The fourth-order valence-corrected chi connectivity index (χ4v) is 2.26. The predicted octanol–water partition coefficient (Wildman–Crippen LogP) is 1.48. The first kappa shape index (κ1) is 11.0. The van der Waals surface area contributed by atoms with Crippen molar-refractivity contribution in [3.05, 3.63) is 30.1 Å². The Bertz CT molecular complexity index is 659. The van der Waals surface area contributed by atoms with Gasteiger partial charge in [0.25, 0.3) is 0 Å². The molecule has 1 N–H and O–H groups in total. The first-order valence-electron chi connectivity index (χ1n) is 5.76. The SMILES string of the molecule is Cn1cnc2cc(C(=O)C3CC3C(=O)O)ccc21. The lowest BCUT2D eigenvalue weighted by atomic mass is 10.1. The van der Waals surface area contributed by atoms with Crippen LogP contribution in [-0.2, 0) is 11.8 Å². The summed E-state index contributed by atoms with van der Waals surface area (Å²) in [7, 11) is 1.89. The standard InChI is InChI=1S/C13H12N2O3/c1-15-6-14-10-4-7(2-3-11(10)15)12(16)8-5-9(8)13(17)18/h2-4,6,8-9H,5H2,1H3,(H,17,18). The van der Waals surface area contributed by atoms with Crippen molar-refractivity contribution >= 4 is 22.8 Å². The Labute approximate surface area is 103 Å². The molecule has 0 amide bonds. The number of aryl methyl sites for hydroxylation is 1. The molecule has 1 aliphatic carbocycles. The van der Waals surface area contributed by atoms with E-state index in [1.165, 1.54) is 0 Å². The maximum atomic E-state index is 12.1. The number of hydrogen-bond acceptors (Lipinski definition) is 3. The van der Waals surface area contributed by atoms with E-state index in [-0.39, 0.29) is 11.7 Å². The Morgan fingerprint density at radius 2 is 2.17 bits per heavy atom. The van der Waals surface area contributed by atoms with E-state index < -0.39 is 11.9 Å². The zero-order chi connectivity index (χ0) is 12.9. The van der Waals surface area contributed by atoms with Gasteiger partial charge in [-0.1, -0.05) is 0 Å². The van der Waals surface area contributed by atoms with Crippen molar-refractivity contribution in [1.82, 2.24) is 9.55 Å². The van der Waals surface area contributed by atoms with Crippen molar-refractivity contribution in [1.29, 1.82) is 0 Å². The van der Waals surface area contributed by atoms with Crippen LogP contribution in [0.5, 0.6) is 0 Å². The normalized spacial score (nSPS) is 22.1. The van der Waals surface area contributed by atoms with Crippen molar-refractivity contribution in [3.63, 3.8) is 0 Å². The molecule has 2 atom stereocenters. The van der Waals surface area contributed by atoms with Crippen molar-refractivity contribution in [2.75, 3.05) is 0 Å². The van der Waals surface area contributed by atoms with E-state index in [0.29, 0.717) is 12.0 Å². The predicted molar refractivity (Wildman–Crippen MR) is 64.3 cm³/mol. The van der Waals surface area contributed by atoms with Gasteiger partial charge in [-0.3, -0.25) is 9.59 Å². The minimum absolute atomic E-state index is 0.0880. The van der Waals surface area contributed by atoms with Crippen LogP contribution < -0.4 is 0 Å². The Morgan fingerprint density at radius 1 is 1.39 bits per heavy atom. The van der Waals surface area contributed by atoms with E-state index >= 15 is 0 Å². The molecular weight excluding hydrogens is 232 g/mol. The number of carboxylic acid groups (broad SMARTS) is 1. The number of aromatic nitrogens is 2. The molecular formula is C13H12N2O3. The molecule has 0 saturated heterocycles. The number of rotatable bonds is 3. The van der Waals surface area contributed by atoms with E-state index in [1.54, 1.807) is 18.5 Å². The molecule has 1 aliphatic rings. The Kier molecular flexibility index (Phi) is 2.23. The van der Waals surface area contributed by atoms with Crippen LogP contribution in [0, 0.1) is 11.8 Å². The topological polar surface area (TPSA) is 72.2 Å². The second kappa shape index (κ2) is 3.66. The first-order valence-corrected chi connectivity index (χ1v) is 5.76. The number of aliphatic carboxylic acids is 1. The van der Waals surface area contributed by atoms with E-state index in [9.17, 15) is 9.59 Å². The van der Waals surface area contributed by atoms with E-state index in [1.807, 2.05) is 17.7 Å². The van der Waals surface area contributed by atoms with Crippen molar-refractivity contribution < 1.29 is 14.7 Å². The number of carbonyl (C=O) groups is 2. The van der Waals surface area contributed by atoms with E-state index in [4.69, 9.17) is 5.11 Å². The van der Waals surface area contributed by atoms with Gasteiger partial charge in [0.05, 0.1) is 23.3 Å². The van der Waals surface area contributed by atoms with Crippen LogP contribution in [0.4, 0.5) is 0 Å². The highest BCUT2D eigenvalue weighted by atomic mass is 16.4. The summed E-state index contributed by atoms with van der Waals surface area (Å²) in [6.07, 6.45) is 2.14. The smallest absolute Gasteiger partial charge is 0.307 e. The van der Waals surface area contributed by atoms with Crippen LogP contribution in [0.1, 0.15) is 16.8 Å². The molecule has 1 aromatic heterocycles. The van der Waals surface area contributed by atoms with Crippen LogP contribution in [0.3, 0.4) is 0 Å². The molecule has 5 nitrogen and oxygen atoms in total. The molecule has 1 aromatic carbocycles. The van der Waals surface area contributed by atoms with Crippen molar-refractivity contribution in [2.45, 2.75) is 6.42 Å². The van der Waals surface area contributed by atoms with Gasteiger partial charge in [0, 0.05) is 18.5 Å². The molecule has 18 heavy (non-hydrogen) atoms. The monoisotopic (exact) mass is 244 g/mol. The molecule has 1 saturated carbocycles. The number of fused-ring (bicyclic) bond motifs is 1. The maximum Gasteiger partial charge on any atom is 0.307 e. The minimum atomic E-state index is -0.882. The minimum Gasteiger partial charge on any atom is -0.481 e. The van der Waals surface area contributed by atoms with Crippen LogP contribution in [-0.4, -0.2) is 26.4 Å². The van der Waals surface area contributed by atoms with Gasteiger partial charge in [-0.2, -0.15) is 0 Å². The molecule has 1 fully saturated rings. The lowest BCUT2D eigenvalue weighted by Gasteiger charge is -2.00. The van der Waals surface area contributed by atoms with Crippen LogP contribution >= 0.6 is 0 Å². The third-order valence-electron chi connectivity index (χ3n) is 3.45. The van der Waals surface area contributed by atoms with Crippen molar-refractivity contribution in [3.8, 4) is 0 Å². The summed E-state index contributed by atoms with van der Waals surface area (Å²) >= 11 is 0. The molecule has 0 spiro atoms. The summed E-state index contributed by atoms with van der Waals surface area (Å²) in [6, 6.07) is 5.31. The molecule has 3 rings (SSSR count). The molecule has 0 aliphatic heterocycles. The summed E-state index contributed by atoms with van der Waals surface area (Å²) in [5, 5.41) is 8.83. The number of ketones is 1. The first-order chi connectivity index (χ1) is 8.58. The van der Waals surface area contributed by atoms with Gasteiger partial charge < -0.3 is 9.67 Å². The van der Waals surface area contributed by atoms with Gasteiger partial charge in [0.15, 0.2) is 5.78 Å². The van der Waals surface area contributed by atoms with Gasteiger partial charge in [-0.25, -0.2) is 4.98 Å². The molecule has 5 heteroatoms. The third-order valence-corrected chi connectivity index (χ3v) is 3.45. The largest absolute Gasteiger partial charge is 0.481 e. The van der Waals surface area contributed by atoms with Gasteiger partial charge >= 0.3 is 5.97 Å². The maximum absolute atomic E-state index is 12.1. The zero-order valence-corrected chi connectivity index (χ0v) is 9.83. The molecule has 1 heterocycles. The van der Waals surface area contributed by atoms with Gasteiger partial charge in [-0.05, 0) is 24.6 Å². The number of hydrogen-bond donors (Lipinski definition) is 1. The Morgan fingerprint density at radius 3 is 2.83 bits per heavy atom. The summed E-state index contributed by atoms with van der Waals surface area (Å²) < 4.78 is 1.88. The highest BCUT2D eigenvalue weighted by molar-refractivity contribution is 6.04. The number of Topliss-reactive ketones (excluding diaryl/α,β-unsaturated/α-hetero) is 1. The number of carboxylic acids is 1. The Balaban J connectivity index is 1.91. The molecule has 0 radical (unpaired) electrons. The summed E-state index contributed by atoms with van der Waals surface area (Å²) in [4.78, 5) is 27.0. The second-order valence-electron chi connectivity index (χ2n) is 4.71. The summed E-state index contributed by atoms with van der Waals surface area (Å²) in [5.41, 5.74) is 2.27. The average Bonchev–Trinajstić information content (AvgIpc) is 3.08. The highest BCUT2D eigenvalue weighted by Gasteiger charge is 2.48. The average molecular weight is 244 g/mol. The number of nitrogens with zero attached hydrogens (tertiary/aromatic N) is 2. The highest BCUT2D eigenvalue weighted by Crippen LogP contribution is 2.41. The molecule has 92 valence electrons. The van der Waals surface area contributed by atoms with Crippen LogP contribution in [0.25, 0.3) is 11.0 Å². The number of carbonyl (C=O) groups excluding carboxylic acids is 1. The summed E-state index contributed by atoms with van der Waals surface area (Å²) in [5.74, 6) is -1.83. The lowest BCUT2D eigenvalue weighted by Crippen LogP contribution is -2.08. The second-order valence-corrected chi connectivity index (χ2v) is 4.71. The van der Waals surface area contributed by atoms with Crippen LogP contribution in [0.2, 0.25) is 0 Å². The lowest BCUT2D eigenvalue weighted by molar-refractivity contribution is -0.138. The molecule has 2 unspecified atom stereocenters. The van der Waals surface area contributed by atoms with E-state index in [2.05, 4.69) is 4.98 Å². The molecule has 0 bridgehead atoms. The Hall–Kier alpha value is -2.17. The van der Waals surface area contributed by atoms with Gasteiger partial charge in [0.1, 0.15) is 0 Å². The third kappa shape index (κ3) is 1.59. The number of imidazole rings is 1. The van der Waals surface area contributed by atoms with Gasteiger partial charge in [0.2, 0.25) is 0 Å². The quantitative estimate of drug-likeness (QED) is 0.830. The van der Waals surface area contributed by atoms with E-state index in [0.717, 1.165) is 11.0 Å². The van der Waals surface area contributed by atoms with Crippen LogP contribution in [0.15, 0.2) is 24.5 Å².